The zero-order valence-corrected chi connectivity index (χ0v) is 16.9. The number of H-pyrrole nitrogens is 1. The van der Waals surface area contributed by atoms with Gasteiger partial charge in [-0.3, -0.25) is 9.36 Å². The number of aromatic amines is 1. The molecule has 0 fully saturated rings. The average Bonchev–Trinajstić information content (AvgIpc) is 3.03. The number of nitrogens with one attached hydrogen (secondary N) is 2. The molecule has 2 aromatic rings. The summed E-state index contributed by atoms with van der Waals surface area (Å²) in [5.74, 6) is 1.12. The van der Waals surface area contributed by atoms with Gasteiger partial charge in [-0.25, -0.2) is 9.89 Å². The molecule has 2 rings (SSSR count). The van der Waals surface area contributed by atoms with Gasteiger partial charge in [0.2, 0.25) is 5.91 Å². The molecule has 0 unspecified atom stereocenters. The van der Waals surface area contributed by atoms with Crippen LogP contribution < -0.4 is 20.5 Å². The molecule has 0 spiro atoms. The molecule has 0 aliphatic carbocycles. The quantitative estimate of drug-likeness (QED) is 0.600. The van der Waals surface area contributed by atoms with Crippen LogP contribution in [0, 0.1) is 0 Å². The number of rotatable bonds is 10. The van der Waals surface area contributed by atoms with Crippen molar-refractivity contribution in [2.24, 2.45) is 0 Å². The van der Waals surface area contributed by atoms with Crippen molar-refractivity contribution in [2.75, 3.05) is 14.2 Å². The van der Waals surface area contributed by atoms with Crippen LogP contribution in [0.2, 0.25) is 0 Å². The fraction of sp³-hybridized carbons (Fsp3) is 0.500. The van der Waals surface area contributed by atoms with Gasteiger partial charge >= 0.3 is 5.69 Å². The molecule has 1 amide bonds. The second-order valence-corrected chi connectivity index (χ2v) is 7.29. The minimum atomic E-state index is -0.388. The summed E-state index contributed by atoms with van der Waals surface area (Å²) in [7, 11) is 3.15. The number of ether oxygens (including phenoxy) is 2. The molecule has 1 atom stereocenters. The van der Waals surface area contributed by atoms with Gasteiger partial charge in [-0.2, -0.15) is 0 Å². The number of nitrogens with zero attached hydrogens (tertiary/aromatic N) is 2. The second kappa shape index (κ2) is 10.1. The Morgan fingerprint density at radius 2 is 2.07 bits per heavy atom. The molecular weight excluding hydrogens is 368 g/mol. The number of carbonyl (C=O) groups excluding carboxylic acids is 1. The predicted molar refractivity (Wildman–Crippen MR) is 104 cm³/mol. The van der Waals surface area contributed by atoms with E-state index in [0.29, 0.717) is 29.7 Å². The molecule has 148 valence electrons. The van der Waals surface area contributed by atoms with Crippen molar-refractivity contribution < 1.29 is 14.3 Å². The van der Waals surface area contributed by atoms with E-state index >= 15 is 0 Å². The Kier molecular flexibility index (Phi) is 7.78. The molecule has 9 heteroatoms. The van der Waals surface area contributed by atoms with E-state index in [0.717, 1.165) is 18.4 Å². The van der Waals surface area contributed by atoms with Gasteiger partial charge in [0.25, 0.3) is 0 Å². The molecule has 27 heavy (non-hydrogen) atoms. The highest BCUT2D eigenvalue weighted by atomic mass is 32.2. The van der Waals surface area contributed by atoms with Crippen LogP contribution in [0.3, 0.4) is 0 Å². The van der Waals surface area contributed by atoms with Crippen molar-refractivity contribution in [3.63, 3.8) is 0 Å². The highest BCUT2D eigenvalue weighted by Crippen LogP contribution is 2.27. The van der Waals surface area contributed by atoms with Gasteiger partial charge in [-0.05, 0) is 31.0 Å². The summed E-state index contributed by atoms with van der Waals surface area (Å²) in [6, 6.07) is 5.50. The second-order valence-electron chi connectivity index (χ2n) is 5.98. The van der Waals surface area contributed by atoms with E-state index in [9.17, 15) is 9.59 Å². The molecule has 0 aliphatic rings. The first kappa shape index (κ1) is 20.9. The maximum atomic E-state index is 12.4. The van der Waals surface area contributed by atoms with Crippen molar-refractivity contribution in [1.82, 2.24) is 20.1 Å². The minimum Gasteiger partial charge on any atom is -0.493 e. The van der Waals surface area contributed by atoms with Gasteiger partial charge in [-0.15, -0.1) is 5.10 Å². The Labute approximate surface area is 162 Å². The molecule has 0 saturated heterocycles. The van der Waals surface area contributed by atoms with Crippen LogP contribution in [-0.4, -0.2) is 40.1 Å². The van der Waals surface area contributed by atoms with Crippen molar-refractivity contribution in [3.05, 3.63) is 34.2 Å². The van der Waals surface area contributed by atoms with Gasteiger partial charge < -0.3 is 14.8 Å². The molecule has 1 heterocycles. The summed E-state index contributed by atoms with van der Waals surface area (Å²) in [6.45, 7) is 4.81. The summed E-state index contributed by atoms with van der Waals surface area (Å²) in [5.41, 5.74) is 0.654. The van der Waals surface area contributed by atoms with E-state index in [1.165, 1.54) is 11.8 Å². The van der Waals surface area contributed by atoms with E-state index in [1.54, 1.807) is 31.8 Å². The monoisotopic (exact) mass is 394 g/mol. The highest BCUT2D eigenvalue weighted by Gasteiger charge is 2.19. The fourth-order valence-corrected chi connectivity index (χ4v) is 3.35. The number of amides is 1. The minimum absolute atomic E-state index is 0.132. The zero-order chi connectivity index (χ0) is 19.8. The normalized spacial score (nSPS) is 11.9. The summed E-state index contributed by atoms with van der Waals surface area (Å²) in [5, 5.41) is 9.52. The lowest BCUT2D eigenvalue weighted by Gasteiger charge is -2.13. The van der Waals surface area contributed by atoms with Crippen LogP contribution >= 0.6 is 11.8 Å². The molecule has 0 radical (unpaired) electrons. The number of thioether (sulfide) groups is 1. The average molecular weight is 394 g/mol. The van der Waals surface area contributed by atoms with Crippen molar-refractivity contribution >= 4 is 17.7 Å². The first-order chi connectivity index (χ1) is 13.0. The largest absolute Gasteiger partial charge is 0.493 e. The number of hydrogen-bond acceptors (Lipinski definition) is 6. The molecular formula is C18H26N4O4S. The first-order valence-corrected chi connectivity index (χ1v) is 9.68. The topological polar surface area (TPSA) is 98.2 Å². The third kappa shape index (κ3) is 5.53. The van der Waals surface area contributed by atoms with Crippen LogP contribution in [0.4, 0.5) is 0 Å². The Morgan fingerprint density at radius 1 is 1.33 bits per heavy atom. The van der Waals surface area contributed by atoms with Crippen molar-refractivity contribution in [3.8, 4) is 11.5 Å². The number of carbonyl (C=O) groups is 1. The highest BCUT2D eigenvalue weighted by molar-refractivity contribution is 8.00. The lowest BCUT2D eigenvalue weighted by molar-refractivity contribution is -0.120. The van der Waals surface area contributed by atoms with Crippen molar-refractivity contribution in [2.45, 2.75) is 50.2 Å². The van der Waals surface area contributed by atoms with Gasteiger partial charge in [0, 0.05) is 13.1 Å². The number of unbranched alkanes of at least 4 members (excludes halogenated alkanes) is 1. The third-order valence-corrected chi connectivity index (χ3v) is 5.11. The van der Waals surface area contributed by atoms with E-state index in [2.05, 4.69) is 22.4 Å². The zero-order valence-electron chi connectivity index (χ0n) is 16.1. The smallest absolute Gasteiger partial charge is 0.343 e. The standard InChI is InChI=1S/C18H26N4O4S/c1-5-6-9-22-17(24)20-21-18(22)27-12(2)16(23)19-11-13-7-8-14(25-3)15(10-13)26-4/h7-8,10,12H,5-6,9,11H2,1-4H3,(H,19,23)(H,20,24)/t12-/m1/s1. The SMILES string of the molecule is CCCCn1c(S[C@H](C)C(=O)NCc2ccc(OC)c(OC)c2)n[nH]c1=O. The molecule has 0 aliphatic heterocycles. The summed E-state index contributed by atoms with van der Waals surface area (Å²) in [4.78, 5) is 24.2. The van der Waals surface area contributed by atoms with Crippen molar-refractivity contribution in [1.29, 1.82) is 0 Å². The number of benzene rings is 1. The van der Waals surface area contributed by atoms with Gasteiger partial charge in [0.15, 0.2) is 16.7 Å². The molecule has 0 bridgehead atoms. The van der Waals surface area contributed by atoms with Crippen LogP contribution in [0.5, 0.6) is 11.5 Å². The van der Waals surface area contributed by atoms with Crippen LogP contribution in [-0.2, 0) is 17.9 Å². The maximum Gasteiger partial charge on any atom is 0.343 e. The Morgan fingerprint density at radius 3 is 2.74 bits per heavy atom. The van der Waals surface area contributed by atoms with E-state index in [4.69, 9.17) is 9.47 Å². The molecule has 0 saturated carbocycles. The lowest BCUT2D eigenvalue weighted by atomic mass is 10.2. The van der Waals surface area contributed by atoms with E-state index in [-0.39, 0.29) is 16.8 Å². The van der Waals surface area contributed by atoms with Crippen LogP contribution in [0.25, 0.3) is 0 Å². The lowest BCUT2D eigenvalue weighted by Crippen LogP contribution is -2.31. The molecule has 1 aromatic carbocycles. The maximum absolute atomic E-state index is 12.4. The van der Waals surface area contributed by atoms with E-state index in [1.807, 2.05) is 12.1 Å². The summed E-state index contributed by atoms with van der Waals surface area (Å²) in [6.07, 6.45) is 1.86. The van der Waals surface area contributed by atoms with Gasteiger partial charge in [0.05, 0.1) is 19.5 Å². The van der Waals surface area contributed by atoms with Gasteiger partial charge in [-0.1, -0.05) is 31.2 Å². The first-order valence-electron chi connectivity index (χ1n) is 8.80. The third-order valence-electron chi connectivity index (χ3n) is 4.02. The van der Waals surface area contributed by atoms with Gasteiger partial charge in [0.1, 0.15) is 0 Å². The van der Waals surface area contributed by atoms with E-state index < -0.39 is 0 Å². The number of methoxy groups -OCH3 is 2. The number of aromatic nitrogens is 3. The molecule has 8 nitrogen and oxygen atoms in total. The fourth-order valence-electron chi connectivity index (χ4n) is 2.44. The Balaban J connectivity index is 1.95. The summed E-state index contributed by atoms with van der Waals surface area (Å²) < 4.78 is 12.1. The van der Waals surface area contributed by atoms with Crippen LogP contribution in [0.15, 0.2) is 28.2 Å². The Hall–Kier alpha value is -2.42. The number of hydrogen-bond donors (Lipinski definition) is 2. The summed E-state index contributed by atoms with van der Waals surface area (Å²) >= 11 is 1.26. The molecule has 1 aromatic heterocycles. The molecule has 2 N–H and O–H groups in total. The van der Waals surface area contributed by atoms with Crippen LogP contribution in [0.1, 0.15) is 32.3 Å². The predicted octanol–water partition coefficient (Wildman–Crippen LogP) is 2.19. The Bertz CT molecular complexity index is 818.